The molecule has 0 aliphatic carbocycles. The molecular formula is C24H19FN6O2. The number of hydrogen-bond acceptors (Lipinski definition) is 6. The van der Waals surface area contributed by atoms with Crippen LogP contribution in [0.4, 0.5) is 10.1 Å². The first kappa shape index (κ1) is 20.5. The number of pyridine rings is 1. The first-order valence-electron chi connectivity index (χ1n) is 10.4. The van der Waals surface area contributed by atoms with Crippen LogP contribution in [-0.4, -0.2) is 31.0 Å². The van der Waals surface area contributed by atoms with Crippen molar-refractivity contribution in [3.63, 3.8) is 0 Å². The van der Waals surface area contributed by atoms with Crippen molar-refractivity contribution in [1.29, 1.82) is 0 Å². The Hall–Kier alpha value is -4.40. The molecule has 2 aromatic carbocycles. The van der Waals surface area contributed by atoms with Crippen LogP contribution in [0.2, 0.25) is 0 Å². The van der Waals surface area contributed by atoms with E-state index >= 15 is 0 Å². The predicted octanol–water partition coefficient (Wildman–Crippen LogP) is 4.31. The van der Waals surface area contributed by atoms with Crippen molar-refractivity contribution in [2.24, 2.45) is 0 Å². The van der Waals surface area contributed by atoms with Gasteiger partial charge in [-0.15, -0.1) is 0 Å². The summed E-state index contributed by atoms with van der Waals surface area (Å²) in [5.74, 6) is 1.06. The van der Waals surface area contributed by atoms with E-state index < -0.39 is 0 Å². The molecule has 0 spiro atoms. The predicted molar refractivity (Wildman–Crippen MR) is 120 cm³/mol. The van der Waals surface area contributed by atoms with Gasteiger partial charge in [-0.2, -0.15) is 4.98 Å². The number of aryl methyl sites for hydroxylation is 1. The van der Waals surface area contributed by atoms with Crippen LogP contribution in [-0.2, 0) is 17.6 Å². The molecule has 5 aromatic rings. The molecule has 0 aliphatic rings. The molecule has 0 saturated heterocycles. The Morgan fingerprint density at radius 3 is 2.76 bits per heavy atom. The maximum atomic E-state index is 13.9. The lowest BCUT2D eigenvalue weighted by molar-refractivity contribution is -0.116. The number of fused-ring (bicyclic) bond motifs is 1. The van der Waals surface area contributed by atoms with E-state index in [-0.39, 0.29) is 18.1 Å². The molecule has 9 heteroatoms. The Kier molecular flexibility index (Phi) is 5.59. The number of carbonyl (C=O) groups is 1. The molecule has 0 unspecified atom stereocenters. The fourth-order valence-electron chi connectivity index (χ4n) is 3.46. The summed E-state index contributed by atoms with van der Waals surface area (Å²) in [6, 6.07) is 15.6. The summed E-state index contributed by atoms with van der Waals surface area (Å²) < 4.78 is 19.2. The third kappa shape index (κ3) is 4.77. The molecular weight excluding hydrogens is 423 g/mol. The van der Waals surface area contributed by atoms with Crippen LogP contribution in [0.25, 0.3) is 22.4 Å². The van der Waals surface area contributed by atoms with Crippen LogP contribution < -0.4 is 5.32 Å². The highest BCUT2D eigenvalue weighted by molar-refractivity contribution is 5.93. The Balaban J connectivity index is 1.20. The average molecular weight is 442 g/mol. The van der Waals surface area contributed by atoms with Crippen molar-refractivity contribution in [2.75, 3.05) is 5.32 Å². The van der Waals surface area contributed by atoms with Gasteiger partial charge in [-0.25, -0.2) is 9.37 Å². The fourth-order valence-corrected chi connectivity index (χ4v) is 3.46. The quantitative estimate of drug-likeness (QED) is 0.389. The lowest BCUT2D eigenvalue weighted by atomic mass is 10.1. The lowest BCUT2D eigenvalue weighted by Gasteiger charge is -2.04. The van der Waals surface area contributed by atoms with Crippen molar-refractivity contribution >= 4 is 22.6 Å². The Morgan fingerprint density at radius 2 is 1.91 bits per heavy atom. The molecule has 5 rings (SSSR count). The monoisotopic (exact) mass is 442 g/mol. The van der Waals surface area contributed by atoms with Gasteiger partial charge in [0.2, 0.25) is 17.6 Å². The van der Waals surface area contributed by atoms with Gasteiger partial charge < -0.3 is 14.8 Å². The average Bonchev–Trinajstić information content (AvgIpc) is 3.46. The third-order valence-electron chi connectivity index (χ3n) is 5.10. The number of aromatic nitrogens is 5. The summed E-state index contributed by atoms with van der Waals surface area (Å²) in [5, 5.41) is 6.81. The second kappa shape index (κ2) is 8.99. The van der Waals surface area contributed by atoms with Gasteiger partial charge in [0.1, 0.15) is 11.6 Å². The zero-order valence-electron chi connectivity index (χ0n) is 17.5. The number of imidazole rings is 1. The highest BCUT2D eigenvalue weighted by atomic mass is 19.1. The second-order valence-corrected chi connectivity index (χ2v) is 7.48. The highest BCUT2D eigenvalue weighted by Crippen LogP contribution is 2.20. The minimum atomic E-state index is -0.264. The highest BCUT2D eigenvalue weighted by Gasteiger charge is 2.12. The van der Waals surface area contributed by atoms with Crippen molar-refractivity contribution in [3.05, 3.63) is 90.1 Å². The summed E-state index contributed by atoms with van der Waals surface area (Å²) in [5.41, 5.74) is 3.51. The topological polar surface area (TPSA) is 110 Å². The summed E-state index contributed by atoms with van der Waals surface area (Å²) >= 11 is 0. The number of rotatable bonds is 7. The normalized spacial score (nSPS) is 11.1. The van der Waals surface area contributed by atoms with E-state index in [4.69, 9.17) is 4.52 Å². The molecule has 0 aliphatic heterocycles. The van der Waals surface area contributed by atoms with Gasteiger partial charge in [0.05, 0.1) is 11.0 Å². The number of carbonyl (C=O) groups excluding carboxylic acids is 1. The zero-order valence-corrected chi connectivity index (χ0v) is 17.5. The van der Waals surface area contributed by atoms with E-state index in [1.165, 1.54) is 6.07 Å². The van der Waals surface area contributed by atoms with Crippen molar-refractivity contribution in [3.8, 4) is 11.4 Å². The van der Waals surface area contributed by atoms with Crippen LogP contribution in [0.3, 0.4) is 0 Å². The van der Waals surface area contributed by atoms with Crippen molar-refractivity contribution in [2.45, 2.75) is 19.3 Å². The van der Waals surface area contributed by atoms with Crippen LogP contribution >= 0.6 is 0 Å². The summed E-state index contributed by atoms with van der Waals surface area (Å²) in [4.78, 5) is 28.4. The molecule has 8 nitrogen and oxygen atoms in total. The van der Waals surface area contributed by atoms with E-state index in [0.717, 1.165) is 16.6 Å². The molecule has 3 heterocycles. The Bertz CT molecular complexity index is 1410. The van der Waals surface area contributed by atoms with Gasteiger partial charge in [0.25, 0.3) is 0 Å². The summed E-state index contributed by atoms with van der Waals surface area (Å²) in [6.45, 7) is 0. The molecule has 33 heavy (non-hydrogen) atoms. The van der Waals surface area contributed by atoms with Crippen LogP contribution in [0.5, 0.6) is 0 Å². The first-order valence-corrected chi connectivity index (χ1v) is 10.4. The van der Waals surface area contributed by atoms with E-state index in [9.17, 15) is 9.18 Å². The number of halogens is 1. The maximum absolute atomic E-state index is 13.9. The third-order valence-corrected chi connectivity index (χ3v) is 5.10. The van der Waals surface area contributed by atoms with Gasteiger partial charge >= 0.3 is 0 Å². The fraction of sp³-hybridized carbons (Fsp3) is 0.125. The van der Waals surface area contributed by atoms with E-state index in [1.54, 1.807) is 54.9 Å². The van der Waals surface area contributed by atoms with Gasteiger partial charge in [-0.05, 0) is 42.0 Å². The first-order chi connectivity index (χ1) is 16.1. The molecule has 0 atom stereocenters. The van der Waals surface area contributed by atoms with Crippen molar-refractivity contribution in [1.82, 2.24) is 25.1 Å². The Labute approximate surface area is 187 Å². The maximum Gasteiger partial charge on any atom is 0.227 e. The number of aromatic amines is 1. The smallest absolute Gasteiger partial charge is 0.227 e. The molecule has 164 valence electrons. The SMILES string of the molecule is O=C(CCc1nc(-c2ccncc2)no1)Nc1ccc2nc(Cc3ccccc3F)[nH]c2c1. The van der Waals surface area contributed by atoms with E-state index in [1.807, 2.05) is 6.07 Å². The second-order valence-electron chi connectivity index (χ2n) is 7.48. The van der Waals surface area contributed by atoms with Gasteiger partial charge in [-0.3, -0.25) is 9.78 Å². The molecule has 3 aromatic heterocycles. The largest absolute Gasteiger partial charge is 0.342 e. The van der Waals surface area contributed by atoms with E-state index in [2.05, 4.69) is 30.4 Å². The molecule has 0 radical (unpaired) electrons. The molecule has 2 N–H and O–H groups in total. The minimum absolute atomic E-state index is 0.177. The van der Waals surface area contributed by atoms with Crippen LogP contribution in [0.15, 0.2) is 71.5 Å². The molecule has 0 fully saturated rings. The van der Waals surface area contributed by atoms with Gasteiger partial charge in [-0.1, -0.05) is 23.4 Å². The van der Waals surface area contributed by atoms with Crippen LogP contribution in [0.1, 0.15) is 23.7 Å². The Morgan fingerprint density at radius 1 is 1.06 bits per heavy atom. The number of amides is 1. The van der Waals surface area contributed by atoms with Gasteiger partial charge in [0, 0.05) is 42.9 Å². The number of nitrogens with zero attached hydrogens (tertiary/aromatic N) is 4. The van der Waals surface area contributed by atoms with Crippen LogP contribution in [0, 0.1) is 5.82 Å². The lowest BCUT2D eigenvalue weighted by Crippen LogP contribution is -2.12. The number of benzene rings is 2. The van der Waals surface area contributed by atoms with Crippen molar-refractivity contribution < 1.29 is 13.7 Å². The van der Waals surface area contributed by atoms with Gasteiger partial charge in [0.15, 0.2) is 0 Å². The summed E-state index contributed by atoms with van der Waals surface area (Å²) in [6.07, 6.45) is 4.17. The number of nitrogens with one attached hydrogen (secondary N) is 2. The molecule has 0 saturated carbocycles. The standard InChI is InChI=1S/C24H19FN6O2/c25-18-4-2-1-3-16(18)13-21-28-19-6-5-17(14-20(19)29-21)27-22(32)7-8-23-30-24(31-33-23)15-9-11-26-12-10-15/h1-6,9-12,14H,7-8,13H2,(H,27,32)(H,28,29). The zero-order chi connectivity index (χ0) is 22.6. The molecule has 0 bridgehead atoms. The number of H-pyrrole nitrogens is 1. The molecule has 1 amide bonds. The van der Waals surface area contributed by atoms with E-state index in [0.29, 0.717) is 41.6 Å². The summed E-state index contributed by atoms with van der Waals surface area (Å²) in [7, 11) is 0. The number of hydrogen-bond donors (Lipinski definition) is 2. The number of anilines is 1. The minimum Gasteiger partial charge on any atom is -0.342 e.